The Kier molecular flexibility index (Phi) is 6.32. The maximum Gasteiger partial charge on any atom is 0.252 e. The van der Waals surface area contributed by atoms with Gasteiger partial charge in [0.05, 0.1) is 6.10 Å². The fraction of sp³-hybridized carbons (Fsp3) is 0.375. The molecule has 2 aliphatic rings. The molecular formula is C24H26N2O5. The number of carbonyl (C=O) groups excluding carboxylic acids is 3. The van der Waals surface area contributed by atoms with E-state index in [9.17, 15) is 14.4 Å². The molecule has 31 heavy (non-hydrogen) atoms. The van der Waals surface area contributed by atoms with E-state index in [1.807, 2.05) is 37.3 Å². The van der Waals surface area contributed by atoms with Crippen LogP contribution in [-0.2, 0) is 14.3 Å². The summed E-state index contributed by atoms with van der Waals surface area (Å²) in [6.07, 6.45) is 1.64. The quantitative estimate of drug-likeness (QED) is 0.742. The summed E-state index contributed by atoms with van der Waals surface area (Å²) in [5, 5.41) is 2.86. The molecule has 2 amide bonds. The maximum absolute atomic E-state index is 13.2. The van der Waals surface area contributed by atoms with E-state index in [1.54, 1.807) is 29.2 Å². The average Bonchev–Trinajstić information content (AvgIpc) is 3.37. The molecule has 1 N–H and O–H groups in total. The third-order valence-electron chi connectivity index (χ3n) is 5.65. The minimum atomic E-state index is -0.691. The summed E-state index contributed by atoms with van der Waals surface area (Å²) in [5.74, 6) is 0.566. The van der Waals surface area contributed by atoms with Gasteiger partial charge < -0.3 is 19.7 Å². The molecule has 2 aromatic rings. The Labute approximate surface area is 181 Å². The zero-order valence-electron chi connectivity index (χ0n) is 17.5. The number of amides is 2. The number of fused-ring (bicyclic) bond motifs is 1. The Hall–Kier alpha value is -3.19. The highest BCUT2D eigenvalue weighted by atomic mass is 16.5. The van der Waals surface area contributed by atoms with Gasteiger partial charge in [-0.2, -0.15) is 0 Å². The fourth-order valence-corrected chi connectivity index (χ4v) is 4.15. The number of ether oxygens (including phenoxy) is 2. The fourth-order valence-electron chi connectivity index (χ4n) is 4.15. The van der Waals surface area contributed by atoms with E-state index >= 15 is 0 Å². The number of rotatable bonds is 7. The highest BCUT2D eigenvalue weighted by molar-refractivity contribution is 5.99. The summed E-state index contributed by atoms with van der Waals surface area (Å²) < 4.78 is 11.3. The number of para-hydroxylation sites is 1. The van der Waals surface area contributed by atoms with Gasteiger partial charge >= 0.3 is 0 Å². The van der Waals surface area contributed by atoms with Crippen molar-refractivity contribution < 1.29 is 23.9 Å². The van der Waals surface area contributed by atoms with Gasteiger partial charge in [-0.3, -0.25) is 14.4 Å². The van der Waals surface area contributed by atoms with Crippen LogP contribution in [0.3, 0.4) is 0 Å². The second kappa shape index (κ2) is 9.31. The van der Waals surface area contributed by atoms with Crippen LogP contribution in [0.5, 0.6) is 11.5 Å². The van der Waals surface area contributed by atoms with Crippen molar-refractivity contribution in [2.24, 2.45) is 0 Å². The molecular weight excluding hydrogens is 396 g/mol. The van der Waals surface area contributed by atoms with Gasteiger partial charge in [-0.25, -0.2) is 0 Å². The van der Waals surface area contributed by atoms with Gasteiger partial charge in [-0.1, -0.05) is 37.6 Å². The summed E-state index contributed by atoms with van der Waals surface area (Å²) in [5.41, 5.74) is 0.405. The lowest BCUT2D eigenvalue weighted by Crippen LogP contribution is -2.52. The average molecular weight is 422 g/mol. The van der Waals surface area contributed by atoms with Crippen molar-refractivity contribution in [2.75, 3.05) is 13.2 Å². The van der Waals surface area contributed by atoms with E-state index in [0.717, 1.165) is 6.42 Å². The van der Waals surface area contributed by atoms with Gasteiger partial charge in [0.25, 0.3) is 5.91 Å². The molecule has 0 radical (unpaired) electrons. The summed E-state index contributed by atoms with van der Waals surface area (Å²) in [6, 6.07) is 14.9. The minimum absolute atomic E-state index is 0.0537. The van der Waals surface area contributed by atoms with Crippen LogP contribution < -0.4 is 10.1 Å². The van der Waals surface area contributed by atoms with Crippen LogP contribution in [-0.4, -0.2) is 53.8 Å². The molecule has 3 atom stereocenters. The first-order valence-corrected chi connectivity index (χ1v) is 10.7. The van der Waals surface area contributed by atoms with Crippen LogP contribution in [0.1, 0.15) is 36.5 Å². The first-order chi connectivity index (χ1) is 15.1. The number of benzene rings is 2. The molecule has 2 aliphatic heterocycles. The molecule has 2 aromatic carbocycles. The Morgan fingerprint density at radius 1 is 1.16 bits per heavy atom. The number of nitrogens with zero attached hydrogens (tertiary/aromatic N) is 1. The van der Waals surface area contributed by atoms with Gasteiger partial charge in [0.15, 0.2) is 5.78 Å². The molecule has 7 nitrogen and oxygen atoms in total. The number of carbonyl (C=O) groups is 3. The molecule has 2 heterocycles. The van der Waals surface area contributed by atoms with E-state index < -0.39 is 12.1 Å². The van der Waals surface area contributed by atoms with Gasteiger partial charge in [0, 0.05) is 12.1 Å². The summed E-state index contributed by atoms with van der Waals surface area (Å²) in [7, 11) is 0. The molecule has 0 saturated carbocycles. The van der Waals surface area contributed by atoms with Crippen molar-refractivity contribution in [2.45, 2.75) is 44.4 Å². The molecule has 4 rings (SSSR count). The van der Waals surface area contributed by atoms with Crippen molar-refractivity contribution in [1.29, 1.82) is 0 Å². The number of hydrogen-bond acceptors (Lipinski definition) is 5. The molecule has 0 aromatic heterocycles. The second-order valence-electron chi connectivity index (χ2n) is 7.84. The number of likely N-dealkylation sites (tertiary alicyclic amines) is 1. The summed E-state index contributed by atoms with van der Waals surface area (Å²) >= 11 is 0. The minimum Gasteiger partial charge on any atom is -0.457 e. The Morgan fingerprint density at radius 3 is 2.71 bits per heavy atom. The third kappa shape index (κ3) is 4.61. The standard InChI is InChI=1S/C24H26N2O5/c1-2-7-19(24(29)26-13-12-21-22(26)20(27)15-30-21)25-23(28)16-8-6-11-18(14-16)31-17-9-4-3-5-10-17/h3-6,8-11,14,19,21-22H,2,7,12-13,15H2,1H3,(H,25,28). The highest BCUT2D eigenvalue weighted by Crippen LogP contribution is 2.28. The van der Waals surface area contributed by atoms with E-state index in [-0.39, 0.29) is 30.3 Å². The maximum atomic E-state index is 13.2. The lowest BCUT2D eigenvalue weighted by atomic mass is 10.1. The van der Waals surface area contributed by atoms with E-state index in [0.29, 0.717) is 36.4 Å². The van der Waals surface area contributed by atoms with Gasteiger partial charge in [0.1, 0.15) is 30.2 Å². The molecule has 0 bridgehead atoms. The molecule has 2 saturated heterocycles. The third-order valence-corrected chi connectivity index (χ3v) is 5.65. The SMILES string of the molecule is CCCC(NC(=O)c1cccc(Oc2ccccc2)c1)C(=O)N1CCC2OCC(=O)C21. The summed E-state index contributed by atoms with van der Waals surface area (Å²) in [4.78, 5) is 39.8. The van der Waals surface area contributed by atoms with Crippen LogP contribution >= 0.6 is 0 Å². The van der Waals surface area contributed by atoms with Crippen LogP contribution in [0, 0.1) is 0 Å². The van der Waals surface area contributed by atoms with Crippen LogP contribution in [0.25, 0.3) is 0 Å². The molecule has 3 unspecified atom stereocenters. The van der Waals surface area contributed by atoms with E-state index in [1.165, 1.54) is 0 Å². The normalized spacial score (nSPS) is 20.9. The Bertz CT molecular complexity index is 961. The van der Waals surface area contributed by atoms with Crippen molar-refractivity contribution in [3.63, 3.8) is 0 Å². The van der Waals surface area contributed by atoms with Crippen LogP contribution in [0.2, 0.25) is 0 Å². The van der Waals surface area contributed by atoms with Crippen LogP contribution in [0.4, 0.5) is 0 Å². The largest absolute Gasteiger partial charge is 0.457 e. The van der Waals surface area contributed by atoms with E-state index in [2.05, 4.69) is 5.32 Å². The van der Waals surface area contributed by atoms with Crippen molar-refractivity contribution in [1.82, 2.24) is 10.2 Å². The Morgan fingerprint density at radius 2 is 1.94 bits per heavy atom. The molecule has 0 aliphatic carbocycles. The smallest absolute Gasteiger partial charge is 0.252 e. The lowest BCUT2D eigenvalue weighted by molar-refractivity contribution is -0.138. The second-order valence-corrected chi connectivity index (χ2v) is 7.84. The van der Waals surface area contributed by atoms with Crippen LogP contribution in [0.15, 0.2) is 54.6 Å². The summed E-state index contributed by atoms with van der Waals surface area (Å²) in [6.45, 7) is 2.48. The van der Waals surface area contributed by atoms with Crippen molar-refractivity contribution >= 4 is 17.6 Å². The molecule has 7 heteroatoms. The number of Topliss-reactive ketones (excluding diaryl/α,β-unsaturated/α-hetero) is 1. The predicted octanol–water partition coefficient (Wildman–Crippen LogP) is 2.95. The first-order valence-electron chi connectivity index (χ1n) is 10.7. The zero-order valence-corrected chi connectivity index (χ0v) is 17.5. The van der Waals surface area contributed by atoms with Crippen molar-refractivity contribution in [3.8, 4) is 11.5 Å². The zero-order chi connectivity index (χ0) is 21.8. The van der Waals surface area contributed by atoms with Gasteiger partial charge in [-0.15, -0.1) is 0 Å². The van der Waals surface area contributed by atoms with E-state index in [4.69, 9.17) is 9.47 Å². The number of hydrogen-bond donors (Lipinski definition) is 1. The highest BCUT2D eigenvalue weighted by Gasteiger charge is 2.47. The van der Waals surface area contributed by atoms with Gasteiger partial charge in [0.2, 0.25) is 5.91 Å². The predicted molar refractivity (Wildman–Crippen MR) is 114 cm³/mol. The van der Waals surface area contributed by atoms with Crippen molar-refractivity contribution in [3.05, 3.63) is 60.2 Å². The van der Waals surface area contributed by atoms with Gasteiger partial charge in [-0.05, 0) is 43.2 Å². The topological polar surface area (TPSA) is 84.9 Å². The first kappa shape index (κ1) is 21.1. The monoisotopic (exact) mass is 422 g/mol. The molecule has 0 spiro atoms. The Balaban J connectivity index is 1.46. The number of ketones is 1. The lowest BCUT2D eigenvalue weighted by Gasteiger charge is -2.27. The number of nitrogens with one attached hydrogen (secondary N) is 1. The molecule has 2 fully saturated rings. The molecule has 162 valence electrons.